The Morgan fingerprint density at radius 3 is 2.67 bits per heavy atom. The number of rotatable bonds is 5. The lowest BCUT2D eigenvalue weighted by molar-refractivity contribution is -0.137. The fourth-order valence-electron chi connectivity index (χ4n) is 1.37. The van der Waals surface area contributed by atoms with Crippen molar-refractivity contribution < 1.29 is 9.90 Å². The minimum atomic E-state index is -1.13. The smallest absolute Gasteiger partial charge is 0.331 e. The number of carboxylic acids is 1. The third kappa shape index (κ3) is 3.49. The van der Waals surface area contributed by atoms with E-state index in [2.05, 4.69) is 15.9 Å². The van der Waals surface area contributed by atoms with Crippen LogP contribution in [0.5, 0.6) is 0 Å². The number of hydrogen-bond donors (Lipinski definition) is 1. The number of aromatic nitrogens is 2. The van der Waals surface area contributed by atoms with Gasteiger partial charge in [0.15, 0.2) is 0 Å². The standard InChI is InChI=1S/C10H13BrN2O4S/c1-6(18-2)3-13-9(16)7(11)4-12(10(13)17)5-8(14)15/h4,6H,3,5H2,1-2H3,(H,14,15). The van der Waals surface area contributed by atoms with Crippen LogP contribution in [0.2, 0.25) is 0 Å². The molecule has 0 aliphatic carbocycles. The fraction of sp³-hybridized carbons (Fsp3) is 0.500. The molecule has 1 heterocycles. The number of nitrogens with zero attached hydrogens (tertiary/aromatic N) is 2. The largest absolute Gasteiger partial charge is 0.480 e. The van der Waals surface area contributed by atoms with Crippen molar-refractivity contribution >= 4 is 33.7 Å². The Morgan fingerprint density at radius 2 is 2.17 bits per heavy atom. The van der Waals surface area contributed by atoms with E-state index in [4.69, 9.17) is 5.11 Å². The summed E-state index contributed by atoms with van der Waals surface area (Å²) < 4.78 is 2.23. The number of thioether (sulfide) groups is 1. The first-order chi connectivity index (χ1) is 8.36. The van der Waals surface area contributed by atoms with Crippen LogP contribution in [-0.4, -0.2) is 31.7 Å². The molecule has 8 heteroatoms. The lowest BCUT2D eigenvalue weighted by Gasteiger charge is -2.12. The maximum Gasteiger partial charge on any atom is 0.331 e. The van der Waals surface area contributed by atoms with E-state index in [0.717, 1.165) is 9.13 Å². The van der Waals surface area contributed by atoms with Crippen LogP contribution in [-0.2, 0) is 17.9 Å². The van der Waals surface area contributed by atoms with E-state index in [1.54, 1.807) is 0 Å². The second kappa shape index (κ2) is 6.24. The summed E-state index contributed by atoms with van der Waals surface area (Å²) in [5.74, 6) is -1.13. The third-order valence-corrected chi connectivity index (χ3v) is 3.84. The molecule has 0 saturated heterocycles. The van der Waals surface area contributed by atoms with Crippen molar-refractivity contribution in [1.29, 1.82) is 0 Å². The Kier molecular flexibility index (Phi) is 5.21. The molecule has 0 radical (unpaired) electrons. The van der Waals surface area contributed by atoms with E-state index in [1.165, 1.54) is 18.0 Å². The fourth-order valence-corrected chi connectivity index (χ4v) is 2.13. The predicted octanol–water partition coefficient (Wildman–Crippen LogP) is 0.609. The molecular weight excluding hydrogens is 324 g/mol. The summed E-state index contributed by atoms with van der Waals surface area (Å²) in [5, 5.41) is 8.79. The van der Waals surface area contributed by atoms with E-state index in [0.29, 0.717) is 0 Å². The highest BCUT2D eigenvalue weighted by atomic mass is 79.9. The van der Waals surface area contributed by atoms with E-state index < -0.39 is 23.8 Å². The van der Waals surface area contributed by atoms with E-state index >= 15 is 0 Å². The second-order valence-corrected chi connectivity index (χ2v) is 5.87. The molecule has 1 unspecified atom stereocenters. The minimum absolute atomic E-state index is 0.0861. The third-order valence-electron chi connectivity index (χ3n) is 2.34. The maximum absolute atomic E-state index is 12.0. The van der Waals surface area contributed by atoms with Gasteiger partial charge in [0.05, 0.1) is 4.47 Å². The summed E-state index contributed by atoms with van der Waals surface area (Å²) in [6.07, 6.45) is 3.09. The van der Waals surface area contributed by atoms with Gasteiger partial charge in [-0.25, -0.2) is 4.79 Å². The molecule has 0 fully saturated rings. The first-order valence-electron chi connectivity index (χ1n) is 5.11. The van der Waals surface area contributed by atoms with Crippen LogP contribution in [0.4, 0.5) is 0 Å². The van der Waals surface area contributed by atoms with Gasteiger partial charge in [0.1, 0.15) is 6.54 Å². The van der Waals surface area contributed by atoms with Crippen molar-refractivity contribution in [2.45, 2.75) is 25.3 Å². The predicted molar refractivity (Wildman–Crippen MR) is 73.3 cm³/mol. The molecule has 1 N–H and O–H groups in total. The van der Waals surface area contributed by atoms with Crippen LogP contribution in [0, 0.1) is 0 Å². The Morgan fingerprint density at radius 1 is 1.56 bits per heavy atom. The Bertz CT molecular complexity index is 566. The Labute approximate surface area is 116 Å². The highest BCUT2D eigenvalue weighted by molar-refractivity contribution is 9.10. The zero-order chi connectivity index (χ0) is 13.9. The first kappa shape index (κ1) is 15.0. The van der Waals surface area contributed by atoms with Crippen molar-refractivity contribution in [2.75, 3.05) is 6.26 Å². The van der Waals surface area contributed by atoms with Gasteiger partial charge in [-0.15, -0.1) is 0 Å². The van der Waals surface area contributed by atoms with Gasteiger partial charge < -0.3 is 5.11 Å². The maximum atomic E-state index is 12.0. The minimum Gasteiger partial charge on any atom is -0.480 e. The van der Waals surface area contributed by atoms with Crippen molar-refractivity contribution in [2.24, 2.45) is 0 Å². The van der Waals surface area contributed by atoms with Crippen molar-refractivity contribution in [3.05, 3.63) is 31.5 Å². The molecule has 0 aliphatic heterocycles. The monoisotopic (exact) mass is 336 g/mol. The molecule has 1 aromatic rings. The molecular formula is C10H13BrN2O4S. The molecule has 100 valence electrons. The van der Waals surface area contributed by atoms with Crippen LogP contribution >= 0.6 is 27.7 Å². The van der Waals surface area contributed by atoms with Crippen LogP contribution in [0.25, 0.3) is 0 Å². The van der Waals surface area contributed by atoms with Gasteiger partial charge in [-0.1, -0.05) is 6.92 Å². The summed E-state index contributed by atoms with van der Waals surface area (Å²) in [4.78, 5) is 34.4. The van der Waals surface area contributed by atoms with E-state index in [-0.39, 0.29) is 16.3 Å². The molecule has 0 amide bonds. The normalized spacial score (nSPS) is 12.4. The average Bonchev–Trinajstić information content (AvgIpc) is 2.30. The number of carboxylic acid groups (broad SMARTS) is 1. The first-order valence-corrected chi connectivity index (χ1v) is 7.19. The summed E-state index contributed by atoms with van der Waals surface area (Å²) in [6.45, 7) is 1.67. The molecule has 1 aromatic heterocycles. The summed E-state index contributed by atoms with van der Waals surface area (Å²) in [7, 11) is 0. The zero-order valence-corrected chi connectivity index (χ0v) is 12.3. The van der Waals surface area contributed by atoms with Gasteiger partial charge in [0.2, 0.25) is 0 Å². The van der Waals surface area contributed by atoms with Gasteiger partial charge in [-0.05, 0) is 22.2 Å². The number of carbonyl (C=O) groups is 1. The van der Waals surface area contributed by atoms with Crippen molar-refractivity contribution in [3.8, 4) is 0 Å². The van der Waals surface area contributed by atoms with Crippen molar-refractivity contribution in [1.82, 2.24) is 9.13 Å². The van der Waals surface area contributed by atoms with Crippen LogP contribution in [0.1, 0.15) is 6.92 Å². The second-order valence-electron chi connectivity index (χ2n) is 3.74. The van der Waals surface area contributed by atoms with Gasteiger partial charge in [-0.3, -0.25) is 18.7 Å². The molecule has 6 nitrogen and oxygen atoms in total. The van der Waals surface area contributed by atoms with E-state index in [9.17, 15) is 14.4 Å². The highest BCUT2D eigenvalue weighted by Gasteiger charge is 2.13. The molecule has 1 atom stereocenters. The summed E-state index contributed by atoms with van der Waals surface area (Å²) >= 11 is 4.56. The molecule has 0 saturated carbocycles. The Balaban J connectivity index is 3.31. The zero-order valence-electron chi connectivity index (χ0n) is 9.92. The van der Waals surface area contributed by atoms with Gasteiger partial charge in [-0.2, -0.15) is 11.8 Å². The van der Waals surface area contributed by atoms with E-state index in [1.807, 2.05) is 13.2 Å². The quantitative estimate of drug-likeness (QED) is 0.851. The number of hydrogen-bond acceptors (Lipinski definition) is 4. The van der Waals surface area contributed by atoms with Crippen LogP contribution < -0.4 is 11.2 Å². The SMILES string of the molecule is CSC(C)Cn1c(=O)c(Br)cn(CC(=O)O)c1=O. The molecule has 0 aromatic carbocycles. The number of halogens is 1. The summed E-state index contributed by atoms with van der Waals surface area (Å²) in [6, 6.07) is 0. The van der Waals surface area contributed by atoms with Crippen molar-refractivity contribution in [3.63, 3.8) is 0 Å². The Hall–Kier alpha value is -1.02. The topological polar surface area (TPSA) is 81.3 Å². The van der Waals surface area contributed by atoms with Crippen LogP contribution in [0.3, 0.4) is 0 Å². The van der Waals surface area contributed by atoms with Gasteiger partial charge in [0, 0.05) is 18.0 Å². The molecule has 1 rings (SSSR count). The van der Waals surface area contributed by atoms with Gasteiger partial charge >= 0.3 is 11.7 Å². The molecule has 0 aliphatic rings. The summed E-state index contributed by atoms with van der Waals surface area (Å²) in [5.41, 5.74) is -1.05. The highest BCUT2D eigenvalue weighted by Crippen LogP contribution is 2.07. The molecule has 0 bridgehead atoms. The van der Waals surface area contributed by atoms with Crippen LogP contribution in [0.15, 0.2) is 20.3 Å². The molecule has 0 spiro atoms. The average molecular weight is 337 g/mol. The molecule has 18 heavy (non-hydrogen) atoms. The lowest BCUT2D eigenvalue weighted by atomic mass is 10.4. The number of aliphatic carboxylic acids is 1. The van der Waals surface area contributed by atoms with Gasteiger partial charge in [0.25, 0.3) is 5.56 Å². The lowest BCUT2D eigenvalue weighted by Crippen LogP contribution is -2.42.